The summed E-state index contributed by atoms with van der Waals surface area (Å²) in [4.78, 5) is 9.23. The van der Waals surface area contributed by atoms with Crippen molar-refractivity contribution in [1.82, 2.24) is 13.9 Å². The highest BCUT2D eigenvalue weighted by Gasteiger charge is 2.24. The first-order valence-electron chi connectivity index (χ1n) is 10.9. The fraction of sp³-hybridized carbons (Fsp3) is 0.250. The van der Waals surface area contributed by atoms with E-state index in [4.69, 9.17) is 17.3 Å². The molecule has 34 heavy (non-hydrogen) atoms. The molecule has 0 amide bonds. The molecule has 4 aromatic rings. The second-order valence-corrected chi connectivity index (χ2v) is 10.6. The average Bonchev–Trinajstić information content (AvgIpc) is 3.21. The van der Waals surface area contributed by atoms with Crippen molar-refractivity contribution in [3.63, 3.8) is 0 Å². The first-order valence-corrected chi connectivity index (χ1v) is 12.7. The van der Waals surface area contributed by atoms with Crippen LogP contribution in [0.3, 0.4) is 0 Å². The van der Waals surface area contributed by atoms with E-state index in [1.165, 1.54) is 3.97 Å². The van der Waals surface area contributed by atoms with Crippen LogP contribution in [0.15, 0.2) is 71.9 Å². The van der Waals surface area contributed by atoms with Gasteiger partial charge >= 0.3 is 0 Å². The van der Waals surface area contributed by atoms with Gasteiger partial charge in [-0.1, -0.05) is 48.0 Å². The summed E-state index contributed by atoms with van der Waals surface area (Å²) in [6, 6.07) is 16.0. The number of para-hydroxylation sites is 1. The van der Waals surface area contributed by atoms with Crippen LogP contribution in [0.25, 0.3) is 22.2 Å². The zero-order valence-electron chi connectivity index (χ0n) is 18.3. The second kappa shape index (κ2) is 9.92. The van der Waals surface area contributed by atoms with E-state index in [1.54, 1.807) is 48.8 Å². The van der Waals surface area contributed by atoms with Crippen molar-refractivity contribution in [1.29, 1.82) is 0 Å². The van der Waals surface area contributed by atoms with Gasteiger partial charge in [-0.3, -0.25) is 0 Å². The van der Waals surface area contributed by atoms with Crippen LogP contribution in [-0.4, -0.2) is 34.4 Å². The van der Waals surface area contributed by atoms with Crippen molar-refractivity contribution in [3.8, 4) is 11.3 Å². The van der Waals surface area contributed by atoms with Crippen molar-refractivity contribution in [3.05, 3.63) is 72.0 Å². The average molecular weight is 518 g/mol. The normalized spacial score (nSPS) is 18.4. The summed E-state index contributed by atoms with van der Waals surface area (Å²) in [5.74, 6) is 0.455. The highest BCUT2D eigenvalue weighted by molar-refractivity contribution is 7.90. The van der Waals surface area contributed by atoms with Gasteiger partial charge in [-0.15, -0.1) is 12.4 Å². The summed E-state index contributed by atoms with van der Waals surface area (Å²) in [5.41, 5.74) is 7.78. The number of hydrogen-bond acceptors (Lipinski definition) is 6. The zero-order valence-corrected chi connectivity index (χ0v) is 20.7. The maximum Gasteiger partial charge on any atom is 0.268 e. The van der Waals surface area contributed by atoms with E-state index in [1.807, 2.05) is 18.2 Å². The fourth-order valence-corrected chi connectivity index (χ4v) is 5.99. The molecule has 0 radical (unpaired) electrons. The fourth-order valence-electron chi connectivity index (χ4n) is 4.41. The van der Waals surface area contributed by atoms with E-state index in [0.717, 1.165) is 31.1 Å². The Morgan fingerprint density at radius 1 is 1.06 bits per heavy atom. The topological polar surface area (TPSA) is 103 Å². The highest BCUT2D eigenvalue weighted by Crippen LogP contribution is 2.36. The molecule has 0 spiro atoms. The monoisotopic (exact) mass is 517 g/mol. The molecule has 2 atom stereocenters. The number of aromatic nitrogens is 3. The van der Waals surface area contributed by atoms with E-state index in [9.17, 15) is 8.42 Å². The molecule has 2 heterocycles. The van der Waals surface area contributed by atoms with E-state index >= 15 is 0 Å². The Hall–Kier alpha value is -2.65. The Kier molecular flexibility index (Phi) is 7.14. The van der Waals surface area contributed by atoms with Crippen LogP contribution in [0.2, 0.25) is 5.02 Å². The van der Waals surface area contributed by atoms with Crippen LogP contribution in [0.5, 0.6) is 0 Å². The number of nitrogens with two attached hydrogens (primary N) is 1. The van der Waals surface area contributed by atoms with Crippen LogP contribution in [0.4, 0.5) is 5.95 Å². The molecule has 2 aromatic carbocycles. The Morgan fingerprint density at radius 2 is 1.79 bits per heavy atom. The molecule has 10 heteroatoms. The lowest BCUT2D eigenvalue weighted by Gasteiger charge is -2.27. The minimum Gasteiger partial charge on any atom is -0.351 e. The van der Waals surface area contributed by atoms with E-state index in [2.05, 4.69) is 15.3 Å². The first kappa shape index (κ1) is 24.5. The van der Waals surface area contributed by atoms with Gasteiger partial charge in [-0.05, 0) is 43.9 Å². The number of hydrogen-bond donors (Lipinski definition) is 2. The van der Waals surface area contributed by atoms with Gasteiger partial charge in [-0.2, -0.15) is 0 Å². The summed E-state index contributed by atoms with van der Waals surface area (Å²) < 4.78 is 28.1. The van der Waals surface area contributed by atoms with E-state index < -0.39 is 10.0 Å². The summed E-state index contributed by atoms with van der Waals surface area (Å²) in [6.45, 7) is 0. The van der Waals surface area contributed by atoms with Crippen molar-refractivity contribution in [2.75, 3.05) is 5.32 Å². The summed E-state index contributed by atoms with van der Waals surface area (Å²) in [5, 5.41) is 4.46. The van der Waals surface area contributed by atoms with Crippen molar-refractivity contribution in [2.24, 2.45) is 5.73 Å². The van der Waals surface area contributed by atoms with Gasteiger partial charge in [0, 0.05) is 29.2 Å². The standard InChI is InChI=1S/C24H24ClN5O2S.ClH/c25-21-14-27-24(28-17-8-6-7-16(26)13-17)29-23(21)20-15-30(22-12-5-4-11-19(20)22)33(31,32)18-9-2-1-3-10-18;/h1-5,9-12,14-17H,6-8,13,26H2,(H,27,28,29);1H/t16?,17-;/m1./s1. The predicted octanol–water partition coefficient (Wildman–Crippen LogP) is 5.09. The minimum absolute atomic E-state index is 0. The molecular formula is C24H25Cl2N5O2S. The number of anilines is 1. The Balaban J connectivity index is 0.00000274. The summed E-state index contributed by atoms with van der Waals surface area (Å²) >= 11 is 6.51. The van der Waals surface area contributed by atoms with Crippen LogP contribution in [-0.2, 0) is 10.0 Å². The minimum atomic E-state index is -3.80. The molecule has 5 rings (SSSR count). The van der Waals surface area contributed by atoms with Crippen molar-refractivity contribution < 1.29 is 8.42 Å². The van der Waals surface area contributed by atoms with Crippen LogP contribution in [0.1, 0.15) is 25.7 Å². The van der Waals surface area contributed by atoms with Gasteiger partial charge in [0.25, 0.3) is 10.0 Å². The molecule has 1 unspecified atom stereocenters. The Bertz CT molecular complexity index is 1410. The van der Waals surface area contributed by atoms with Crippen LogP contribution >= 0.6 is 24.0 Å². The predicted molar refractivity (Wildman–Crippen MR) is 138 cm³/mol. The van der Waals surface area contributed by atoms with Gasteiger partial charge in [0.1, 0.15) is 0 Å². The zero-order chi connectivity index (χ0) is 23.0. The lowest BCUT2D eigenvalue weighted by Crippen LogP contribution is -2.35. The number of rotatable bonds is 5. The Morgan fingerprint density at radius 3 is 2.56 bits per heavy atom. The molecule has 2 aromatic heterocycles. The molecule has 1 fully saturated rings. The third kappa shape index (κ3) is 4.63. The van der Waals surface area contributed by atoms with Gasteiger partial charge in [0.05, 0.1) is 27.3 Å². The number of fused-ring (bicyclic) bond motifs is 1. The van der Waals surface area contributed by atoms with Gasteiger partial charge in [0.2, 0.25) is 5.95 Å². The summed E-state index contributed by atoms with van der Waals surface area (Å²) in [7, 11) is -3.80. The number of nitrogens with one attached hydrogen (secondary N) is 1. The Labute approximate surface area is 209 Å². The molecule has 3 N–H and O–H groups in total. The number of nitrogens with zero attached hydrogens (tertiary/aromatic N) is 3. The van der Waals surface area contributed by atoms with Crippen LogP contribution in [0, 0.1) is 0 Å². The molecule has 178 valence electrons. The van der Waals surface area contributed by atoms with E-state index in [0.29, 0.717) is 27.7 Å². The van der Waals surface area contributed by atoms with Gasteiger partial charge < -0.3 is 11.1 Å². The molecule has 1 saturated carbocycles. The molecule has 0 bridgehead atoms. The molecule has 7 nitrogen and oxygen atoms in total. The maximum absolute atomic E-state index is 13.4. The lowest BCUT2D eigenvalue weighted by atomic mass is 9.92. The highest BCUT2D eigenvalue weighted by atomic mass is 35.5. The number of halogens is 2. The molecule has 1 aliphatic carbocycles. The SMILES string of the molecule is Cl.NC1CCC[C@@H](Nc2ncc(Cl)c(-c3cn(S(=O)(=O)c4ccccc4)c4ccccc34)n2)C1. The smallest absolute Gasteiger partial charge is 0.268 e. The molecular weight excluding hydrogens is 493 g/mol. The second-order valence-electron chi connectivity index (χ2n) is 8.33. The first-order chi connectivity index (χ1) is 15.9. The van der Waals surface area contributed by atoms with E-state index in [-0.39, 0.29) is 29.4 Å². The third-order valence-electron chi connectivity index (χ3n) is 6.03. The summed E-state index contributed by atoms with van der Waals surface area (Å²) in [6.07, 6.45) is 7.08. The third-order valence-corrected chi connectivity index (χ3v) is 7.99. The molecule has 0 saturated heterocycles. The quantitative estimate of drug-likeness (QED) is 0.382. The lowest BCUT2D eigenvalue weighted by molar-refractivity contribution is 0.408. The van der Waals surface area contributed by atoms with Gasteiger partial charge in [0.15, 0.2) is 0 Å². The maximum atomic E-state index is 13.4. The van der Waals surface area contributed by atoms with Gasteiger partial charge in [-0.25, -0.2) is 22.4 Å². The largest absolute Gasteiger partial charge is 0.351 e. The molecule has 0 aliphatic heterocycles. The van der Waals surface area contributed by atoms with Crippen molar-refractivity contribution >= 4 is 50.9 Å². The van der Waals surface area contributed by atoms with Crippen molar-refractivity contribution in [2.45, 2.75) is 42.7 Å². The van der Waals surface area contributed by atoms with Crippen LogP contribution < -0.4 is 11.1 Å². The number of benzene rings is 2. The molecule has 1 aliphatic rings.